The zero-order chi connectivity index (χ0) is 11.7. The molecule has 2 heterocycles. The van der Waals surface area contributed by atoms with Gasteiger partial charge < -0.3 is 4.90 Å². The van der Waals surface area contributed by atoms with Crippen molar-refractivity contribution < 1.29 is 4.39 Å². The van der Waals surface area contributed by atoms with E-state index in [0.29, 0.717) is 5.82 Å². The van der Waals surface area contributed by atoms with Crippen molar-refractivity contribution in [2.75, 3.05) is 11.4 Å². The summed E-state index contributed by atoms with van der Waals surface area (Å²) in [7, 11) is 0. The van der Waals surface area contributed by atoms with Crippen molar-refractivity contribution in [3.8, 4) is 0 Å². The summed E-state index contributed by atoms with van der Waals surface area (Å²) in [5.74, 6) is 0.217. The minimum Gasteiger partial charge on any atom is -0.350 e. The van der Waals surface area contributed by atoms with Gasteiger partial charge in [-0.2, -0.15) is 0 Å². The number of fused-ring (bicyclic) bond motifs is 1. The Morgan fingerprint density at radius 1 is 1.06 bits per heavy atom. The molecule has 0 aliphatic carbocycles. The van der Waals surface area contributed by atoms with E-state index in [0.717, 1.165) is 19.5 Å². The van der Waals surface area contributed by atoms with Gasteiger partial charge in [0.15, 0.2) is 11.6 Å². The molecular weight excluding hydrogens is 215 g/mol. The Labute approximate surface area is 99.7 Å². The van der Waals surface area contributed by atoms with Crippen LogP contribution in [0.15, 0.2) is 42.6 Å². The molecule has 0 saturated carbocycles. The Morgan fingerprint density at radius 2 is 1.88 bits per heavy atom. The van der Waals surface area contributed by atoms with E-state index in [1.54, 1.807) is 12.3 Å². The zero-order valence-corrected chi connectivity index (χ0v) is 9.44. The Morgan fingerprint density at radius 3 is 2.71 bits per heavy atom. The van der Waals surface area contributed by atoms with Gasteiger partial charge in [-0.1, -0.05) is 24.3 Å². The molecule has 1 aliphatic rings. The fourth-order valence-corrected chi connectivity index (χ4v) is 2.29. The number of hydrogen-bond acceptors (Lipinski definition) is 2. The second-order valence-electron chi connectivity index (χ2n) is 4.25. The van der Waals surface area contributed by atoms with Gasteiger partial charge in [-0.3, -0.25) is 0 Å². The third-order valence-electron chi connectivity index (χ3n) is 3.17. The second kappa shape index (κ2) is 4.17. The van der Waals surface area contributed by atoms with Crippen LogP contribution >= 0.6 is 0 Å². The smallest absolute Gasteiger partial charge is 0.165 e. The summed E-state index contributed by atoms with van der Waals surface area (Å²) < 4.78 is 13.6. The van der Waals surface area contributed by atoms with Crippen molar-refractivity contribution in [2.45, 2.75) is 13.0 Å². The molecule has 0 atom stereocenters. The Balaban J connectivity index is 1.92. The highest BCUT2D eigenvalue weighted by Gasteiger charge is 2.19. The molecule has 3 heteroatoms. The molecule has 3 rings (SSSR count). The van der Waals surface area contributed by atoms with Crippen LogP contribution in [-0.4, -0.2) is 11.5 Å². The first-order valence-corrected chi connectivity index (χ1v) is 5.77. The molecule has 0 bridgehead atoms. The molecule has 1 aromatic heterocycles. The number of benzene rings is 1. The Bertz CT molecular complexity index is 539. The fraction of sp³-hybridized carbons (Fsp3) is 0.214. The number of pyridine rings is 1. The summed E-state index contributed by atoms with van der Waals surface area (Å²) in [5, 5.41) is 0. The van der Waals surface area contributed by atoms with E-state index in [4.69, 9.17) is 0 Å². The molecule has 0 radical (unpaired) electrons. The second-order valence-corrected chi connectivity index (χ2v) is 4.25. The molecule has 2 nitrogen and oxygen atoms in total. The summed E-state index contributed by atoms with van der Waals surface area (Å²) in [6, 6.07) is 11.4. The minimum atomic E-state index is -0.244. The maximum atomic E-state index is 13.6. The first-order chi connectivity index (χ1) is 8.34. The molecule has 1 aromatic carbocycles. The van der Waals surface area contributed by atoms with Gasteiger partial charge in [-0.05, 0) is 29.7 Å². The van der Waals surface area contributed by atoms with Crippen LogP contribution < -0.4 is 4.90 Å². The lowest BCUT2D eigenvalue weighted by Gasteiger charge is -2.29. The van der Waals surface area contributed by atoms with E-state index in [9.17, 15) is 4.39 Å². The van der Waals surface area contributed by atoms with Gasteiger partial charge in [0, 0.05) is 19.3 Å². The lowest BCUT2D eigenvalue weighted by atomic mass is 10.00. The van der Waals surface area contributed by atoms with Crippen molar-refractivity contribution in [1.82, 2.24) is 4.98 Å². The lowest BCUT2D eigenvalue weighted by molar-refractivity contribution is 0.601. The number of nitrogens with zero attached hydrogens (tertiary/aromatic N) is 2. The minimum absolute atomic E-state index is 0.244. The summed E-state index contributed by atoms with van der Waals surface area (Å²) in [6.45, 7) is 1.56. The third-order valence-corrected chi connectivity index (χ3v) is 3.17. The summed E-state index contributed by atoms with van der Waals surface area (Å²) in [4.78, 5) is 6.12. The van der Waals surface area contributed by atoms with Crippen molar-refractivity contribution in [3.63, 3.8) is 0 Å². The zero-order valence-electron chi connectivity index (χ0n) is 9.44. The number of anilines is 1. The highest BCUT2D eigenvalue weighted by atomic mass is 19.1. The van der Waals surface area contributed by atoms with Crippen LogP contribution in [-0.2, 0) is 13.0 Å². The summed E-state index contributed by atoms with van der Waals surface area (Å²) in [6.07, 6.45) is 2.59. The molecule has 0 N–H and O–H groups in total. The highest BCUT2D eigenvalue weighted by Crippen LogP contribution is 2.24. The SMILES string of the molecule is Fc1cccnc1N1CCc2ccccc2C1. The van der Waals surface area contributed by atoms with Crippen LogP contribution in [0, 0.1) is 5.82 Å². The molecule has 0 fully saturated rings. The molecule has 1 aliphatic heterocycles. The largest absolute Gasteiger partial charge is 0.350 e. The lowest BCUT2D eigenvalue weighted by Crippen LogP contribution is -2.31. The molecule has 0 spiro atoms. The number of aromatic nitrogens is 1. The van der Waals surface area contributed by atoms with Crippen LogP contribution in [0.3, 0.4) is 0 Å². The molecule has 17 heavy (non-hydrogen) atoms. The maximum Gasteiger partial charge on any atom is 0.165 e. The number of halogens is 1. The molecule has 86 valence electrons. The van der Waals surface area contributed by atoms with Gasteiger partial charge in [-0.15, -0.1) is 0 Å². The van der Waals surface area contributed by atoms with Crippen LogP contribution in [0.1, 0.15) is 11.1 Å². The standard InChI is InChI=1S/C14H13FN2/c15-13-6-3-8-16-14(13)17-9-7-11-4-1-2-5-12(11)10-17/h1-6,8H,7,9-10H2. The normalized spacial score (nSPS) is 14.5. The molecule has 0 amide bonds. The van der Waals surface area contributed by atoms with Crippen LogP contribution in [0.25, 0.3) is 0 Å². The molecule has 0 unspecified atom stereocenters. The third kappa shape index (κ3) is 1.88. The summed E-state index contributed by atoms with van der Waals surface area (Å²) >= 11 is 0. The van der Waals surface area contributed by atoms with Gasteiger partial charge in [0.05, 0.1) is 0 Å². The van der Waals surface area contributed by atoms with Crippen molar-refractivity contribution in [2.24, 2.45) is 0 Å². The number of hydrogen-bond donors (Lipinski definition) is 0. The molecule has 0 saturated heterocycles. The first-order valence-electron chi connectivity index (χ1n) is 5.77. The average molecular weight is 228 g/mol. The monoisotopic (exact) mass is 228 g/mol. The first kappa shape index (κ1) is 10.3. The predicted molar refractivity (Wildman–Crippen MR) is 65.4 cm³/mol. The Kier molecular flexibility index (Phi) is 2.52. The van der Waals surface area contributed by atoms with Crippen LogP contribution in [0.2, 0.25) is 0 Å². The number of rotatable bonds is 1. The van der Waals surface area contributed by atoms with E-state index >= 15 is 0 Å². The fourth-order valence-electron chi connectivity index (χ4n) is 2.29. The van der Waals surface area contributed by atoms with Gasteiger partial charge in [0.2, 0.25) is 0 Å². The van der Waals surface area contributed by atoms with E-state index in [-0.39, 0.29) is 5.82 Å². The van der Waals surface area contributed by atoms with Crippen LogP contribution in [0.5, 0.6) is 0 Å². The van der Waals surface area contributed by atoms with Gasteiger partial charge in [0.1, 0.15) is 0 Å². The van der Waals surface area contributed by atoms with Gasteiger partial charge in [-0.25, -0.2) is 9.37 Å². The van der Waals surface area contributed by atoms with E-state index in [2.05, 4.69) is 23.2 Å². The highest BCUT2D eigenvalue weighted by molar-refractivity contribution is 5.44. The predicted octanol–water partition coefficient (Wildman–Crippen LogP) is 2.78. The van der Waals surface area contributed by atoms with Crippen molar-refractivity contribution in [1.29, 1.82) is 0 Å². The van der Waals surface area contributed by atoms with E-state index in [1.807, 2.05) is 11.0 Å². The van der Waals surface area contributed by atoms with E-state index < -0.39 is 0 Å². The van der Waals surface area contributed by atoms with Crippen molar-refractivity contribution >= 4 is 5.82 Å². The van der Waals surface area contributed by atoms with E-state index in [1.165, 1.54) is 17.2 Å². The molecule has 2 aromatic rings. The van der Waals surface area contributed by atoms with Crippen LogP contribution in [0.4, 0.5) is 10.2 Å². The summed E-state index contributed by atoms with van der Waals surface area (Å²) in [5.41, 5.74) is 2.63. The van der Waals surface area contributed by atoms with Gasteiger partial charge in [0.25, 0.3) is 0 Å². The average Bonchev–Trinajstić information content (AvgIpc) is 2.39. The van der Waals surface area contributed by atoms with Gasteiger partial charge >= 0.3 is 0 Å². The quantitative estimate of drug-likeness (QED) is 0.746. The Hall–Kier alpha value is -1.90. The van der Waals surface area contributed by atoms with Crippen molar-refractivity contribution in [3.05, 3.63) is 59.5 Å². The molecular formula is C14H13FN2. The topological polar surface area (TPSA) is 16.1 Å². The maximum absolute atomic E-state index is 13.6.